The van der Waals surface area contributed by atoms with Gasteiger partial charge in [0.15, 0.2) is 0 Å². The van der Waals surface area contributed by atoms with Crippen LogP contribution in [0.2, 0.25) is 0 Å². The van der Waals surface area contributed by atoms with Crippen LogP contribution in [0.4, 0.5) is 0 Å². The molecule has 0 aliphatic heterocycles. The monoisotopic (exact) mass is 263 g/mol. The Hall–Kier alpha value is -2.15. The average molecular weight is 263 g/mol. The van der Waals surface area contributed by atoms with Crippen LogP contribution in [0, 0.1) is 0 Å². The first-order valence-electron chi connectivity index (χ1n) is 6.99. The minimum Gasteiger partial charge on any atom is -0.293 e. The molecule has 0 unspecified atom stereocenters. The summed E-state index contributed by atoms with van der Waals surface area (Å²) in [4.78, 5) is 4.41. The van der Waals surface area contributed by atoms with Crippen molar-refractivity contribution in [1.82, 2.24) is 0 Å². The van der Waals surface area contributed by atoms with Gasteiger partial charge in [0.25, 0.3) is 0 Å². The molecule has 0 spiro atoms. The Morgan fingerprint density at radius 2 is 1.70 bits per heavy atom. The highest BCUT2D eigenvalue weighted by Crippen LogP contribution is 2.18. The number of nitrogens with zero attached hydrogens (tertiary/aromatic N) is 1. The van der Waals surface area contributed by atoms with E-state index in [1.807, 2.05) is 19.2 Å². The zero-order valence-electron chi connectivity index (χ0n) is 12.5. The minimum absolute atomic E-state index is 1.01. The van der Waals surface area contributed by atoms with Crippen LogP contribution in [0.25, 0.3) is 12.2 Å². The summed E-state index contributed by atoms with van der Waals surface area (Å²) >= 11 is 0. The standard InChI is InChI=1S/C19H21N/c1-5-16-11-7-9-13-18(16)19(15(3)20-4)17-12-8-6-10-14(17)2/h6-13H,2,5H2,1,3-4H3/b19-17+,20-15?. The van der Waals surface area contributed by atoms with E-state index in [1.54, 1.807) is 0 Å². The molecule has 2 aromatic rings. The van der Waals surface area contributed by atoms with Gasteiger partial charge in [0.2, 0.25) is 0 Å². The molecule has 0 atom stereocenters. The van der Waals surface area contributed by atoms with E-state index in [1.165, 1.54) is 16.7 Å². The van der Waals surface area contributed by atoms with Crippen LogP contribution < -0.4 is 10.4 Å². The van der Waals surface area contributed by atoms with Gasteiger partial charge in [-0.05, 0) is 34.9 Å². The van der Waals surface area contributed by atoms with Crippen molar-refractivity contribution >= 4 is 17.9 Å². The largest absolute Gasteiger partial charge is 0.293 e. The number of aryl methyl sites for hydroxylation is 1. The quantitative estimate of drug-likeness (QED) is 0.755. The third-order valence-electron chi connectivity index (χ3n) is 3.65. The van der Waals surface area contributed by atoms with Crippen molar-refractivity contribution in [3.05, 3.63) is 70.1 Å². The van der Waals surface area contributed by atoms with Gasteiger partial charge in [-0.15, -0.1) is 0 Å². The van der Waals surface area contributed by atoms with Gasteiger partial charge in [-0.3, -0.25) is 4.99 Å². The molecule has 0 amide bonds. The zero-order chi connectivity index (χ0) is 14.5. The topological polar surface area (TPSA) is 12.4 Å². The Balaban J connectivity index is 2.91. The summed E-state index contributed by atoms with van der Waals surface area (Å²) in [6, 6.07) is 16.8. The van der Waals surface area contributed by atoms with Crippen molar-refractivity contribution in [1.29, 1.82) is 0 Å². The van der Waals surface area contributed by atoms with Crippen LogP contribution in [-0.4, -0.2) is 12.8 Å². The summed E-state index contributed by atoms with van der Waals surface area (Å²) in [6.07, 6.45) is 1.01. The molecule has 0 N–H and O–H groups in total. The van der Waals surface area contributed by atoms with E-state index in [2.05, 4.69) is 61.8 Å². The molecule has 1 heteroatoms. The molecule has 102 valence electrons. The smallest absolute Gasteiger partial charge is 0.0398 e. The van der Waals surface area contributed by atoms with Crippen molar-refractivity contribution in [2.24, 2.45) is 4.99 Å². The normalized spacial score (nSPS) is 13.2. The SMILES string of the molecule is C=c1cccc/c1=C(/C(C)=NC)c1ccccc1CC. The highest BCUT2D eigenvalue weighted by atomic mass is 14.7. The van der Waals surface area contributed by atoms with Crippen LogP contribution >= 0.6 is 0 Å². The summed E-state index contributed by atoms with van der Waals surface area (Å²) < 4.78 is 0. The molecule has 0 aromatic heterocycles. The lowest BCUT2D eigenvalue weighted by atomic mass is 9.93. The van der Waals surface area contributed by atoms with Gasteiger partial charge in [0.1, 0.15) is 0 Å². The fraction of sp³-hybridized carbons (Fsp3) is 0.211. The first kappa shape index (κ1) is 14.3. The van der Waals surface area contributed by atoms with E-state index in [0.29, 0.717) is 0 Å². The van der Waals surface area contributed by atoms with Gasteiger partial charge in [0, 0.05) is 18.3 Å². The molecule has 0 saturated heterocycles. The summed E-state index contributed by atoms with van der Waals surface area (Å²) in [5.74, 6) is 0. The fourth-order valence-corrected chi connectivity index (χ4v) is 2.48. The first-order valence-corrected chi connectivity index (χ1v) is 6.99. The predicted molar refractivity (Wildman–Crippen MR) is 88.6 cm³/mol. The molecule has 0 bridgehead atoms. The molecule has 0 aliphatic carbocycles. The maximum atomic E-state index is 4.41. The zero-order valence-corrected chi connectivity index (χ0v) is 12.5. The number of hydrogen-bond acceptors (Lipinski definition) is 1. The van der Waals surface area contributed by atoms with Crippen molar-refractivity contribution in [2.75, 3.05) is 7.05 Å². The lowest BCUT2D eigenvalue weighted by Gasteiger charge is -2.12. The van der Waals surface area contributed by atoms with E-state index in [4.69, 9.17) is 0 Å². The van der Waals surface area contributed by atoms with Crippen LogP contribution in [0.5, 0.6) is 0 Å². The second-order valence-electron chi connectivity index (χ2n) is 4.85. The Kier molecular flexibility index (Phi) is 4.52. The Morgan fingerprint density at radius 1 is 1.05 bits per heavy atom. The second kappa shape index (κ2) is 6.33. The van der Waals surface area contributed by atoms with E-state index in [0.717, 1.165) is 22.6 Å². The average Bonchev–Trinajstić information content (AvgIpc) is 2.49. The van der Waals surface area contributed by atoms with Gasteiger partial charge >= 0.3 is 0 Å². The third-order valence-corrected chi connectivity index (χ3v) is 3.65. The van der Waals surface area contributed by atoms with Gasteiger partial charge in [-0.2, -0.15) is 0 Å². The van der Waals surface area contributed by atoms with Gasteiger partial charge in [-0.25, -0.2) is 0 Å². The van der Waals surface area contributed by atoms with E-state index in [-0.39, 0.29) is 0 Å². The van der Waals surface area contributed by atoms with Crippen molar-refractivity contribution < 1.29 is 0 Å². The van der Waals surface area contributed by atoms with Gasteiger partial charge in [-0.1, -0.05) is 62.0 Å². The molecule has 2 rings (SSSR count). The summed E-state index contributed by atoms with van der Waals surface area (Å²) in [5.41, 5.74) is 4.83. The minimum atomic E-state index is 1.01. The molecule has 0 saturated carbocycles. The molecule has 0 heterocycles. The summed E-state index contributed by atoms with van der Waals surface area (Å²) in [7, 11) is 1.84. The Labute approximate surface area is 121 Å². The molecule has 2 aromatic carbocycles. The highest BCUT2D eigenvalue weighted by molar-refractivity contribution is 6.22. The summed E-state index contributed by atoms with van der Waals surface area (Å²) in [6.45, 7) is 8.41. The predicted octanol–water partition coefficient (Wildman–Crippen LogP) is 2.95. The van der Waals surface area contributed by atoms with Crippen LogP contribution in [0.1, 0.15) is 25.0 Å². The van der Waals surface area contributed by atoms with Crippen molar-refractivity contribution in [2.45, 2.75) is 20.3 Å². The number of aliphatic imine (C=N–C) groups is 1. The molecule has 0 radical (unpaired) electrons. The van der Waals surface area contributed by atoms with E-state index >= 15 is 0 Å². The number of benzene rings is 2. The van der Waals surface area contributed by atoms with Crippen molar-refractivity contribution in [3.8, 4) is 0 Å². The molecule has 20 heavy (non-hydrogen) atoms. The Morgan fingerprint density at radius 3 is 2.35 bits per heavy atom. The first-order chi connectivity index (χ1) is 9.69. The van der Waals surface area contributed by atoms with Gasteiger partial charge in [0.05, 0.1) is 0 Å². The summed E-state index contributed by atoms with van der Waals surface area (Å²) in [5, 5.41) is 2.20. The fourth-order valence-electron chi connectivity index (χ4n) is 2.48. The maximum absolute atomic E-state index is 4.41. The second-order valence-corrected chi connectivity index (χ2v) is 4.85. The lowest BCUT2D eigenvalue weighted by Crippen LogP contribution is -2.28. The molecule has 0 fully saturated rings. The van der Waals surface area contributed by atoms with Crippen molar-refractivity contribution in [3.63, 3.8) is 0 Å². The van der Waals surface area contributed by atoms with Crippen LogP contribution in [0.15, 0.2) is 53.5 Å². The van der Waals surface area contributed by atoms with Crippen LogP contribution in [0.3, 0.4) is 0 Å². The van der Waals surface area contributed by atoms with E-state index in [9.17, 15) is 0 Å². The molecular formula is C19H21N. The Bertz CT molecular complexity index is 738. The number of hydrogen-bond donors (Lipinski definition) is 0. The third kappa shape index (κ3) is 2.72. The lowest BCUT2D eigenvalue weighted by molar-refractivity contribution is 1.13. The highest BCUT2D eigenvalue weighted by Gasteiger charge is 2.10. The van der Waals surface area contributed by atoms with Crippen LogP contribution in [-0.2, 0) is 6.42 Å². The molecule has 0 aliphatic rings. The maximum Gasteiger partial charge on any atom is 0.0398 e. The number of rotatable bonds is 3. The molecule has 1 nitrogen and oxygen atoms in total. The molecular weight excluding hydrogens is 242 g/mol. The van der Waals surface area contributed by atoms with E-state index < -0.39 is 0 Å². The van der Waals surface area contributed by atoms with Gasteiger partial charge < -0.3 is 0 Å².